The first-order valence-corrected chi connectivity index (χ1v) is 5.97. The zero-order valence-electron chi connectivity index (χ0n) is 10.3. The topological polar surface area (TPSA) is 81.1 Å². The maximum Gasteiger partial charge on any atom is 0.326 e. The van der Waals surface area contributed by atoms with E-state index in [1.54, 1.807) is 4.90 Å². The minimum absolute atomic E-state index is 0.107. The number of amides is 2. The normalized spacial score (nSPS) is 23.8. The van der Waals surface area contributed by atoms with Crippen molar-refractivity contribution in [3.05, 3.63) is 0 Å². The number of aliphatic hydroxyl groups is 1. The molecule has 1 fully saturated rings. The molecule has 1 aliphatic rings. The largest absolute Gasteiger partial charge is 0.480 e. The fourth-order valence-corrected chi connectivity index (χ4v) is 2.10. The molecule has 0 unspecified atom stereocenters. The molecule has 0 spiro atoms. The lowest BCUT2D eigenvalue weighted by atomic mass is 10.2. The number of nitrogens with zero attached hydrogens (tertiary/aromatic N) is 2. The average molecular weight is 244 g/mol. The lowest BCUT2D eigenvalue weighted by Gasteiger charge is -2.29. The van der Waals surface area contributed by atoms with Gasteiger partial charge in [-0.05, 0) is 13.3 Å². The number of carbonyl (C=O) groups excluding carboxylic acids is 1. The summed E-state index contributed by atoms with van der Waals surface area (Å²) >= 11 is 0. The zero-order chi connectivity index (χ0) is 13.0. The lowest BCUT2D eigenvalue weighted by molar-refractivity contribution is -0.141. The lowest BCUT2D eigenvalue weighted by Crippen LogP contribution is -2.48. The van der Waals surface area contributed by atoms with Crippen LogP contribution in [-0.2, 0) is 4.79 Å². The molecule has 1 aliphatic heterocycles. The van der Waals surface area contributed by atoms with E-state index in [1.165, 1.54) is 4.90 Å². The summed E-state index contributed by atoms with van der Waals surface area (Å²) in [6, 6.07) is -1.19. The summed E-state index contributed by atoms with van der Waals surface area (Å²) in [5.74, 6) is -1.05. The van der Waals surface area contributed by atoms with Gasteiger partial charge in [0.25, 0.3) is 0 Å². The number of carbonyl (C=O) groups is 2. The van der Waals surface area contributed by atoms with E-state index in [0.717, 1.165) is 6.42 Å². The molecule has 98 valence electrons. The van der Waals surface area contributed by atoms with Gasteiger partial charge in [-0.1, -0.05) is 6.92 Å². The van der Waals surface area contributed by atoms with Crippen LogP contribution >= 0.6 is 0 Å². The van der Waals surface area contributed by atoms with Crippen LogP contribution in [0.5, 0.6) is 0 Å². The molecular formula is C11H20N2O4. The molecule has 2 N–H and O–H groups in total. The third kappa shape index (κ3) is 3.09. The van der Waals surface area contributed by atoms with Crippen LogP contribution in [0.4, 0.5) is 4.79 Å². The summed E-state index contributed by atoms with van der Waals surface area (Å²) in [7, 11) is 0. The van der Waals surface area contributed by atoms with E-state index in [-0.39, 0.29) is 19.0 Å². The third-order valence-corrected chi connectivity index (χ3v) is 2.96. The van der Waals surface area contributed by atoms with E-state index >= 15 is 0 Å². The highest BCUT2D eigenvalue weighted by molar-refractivity contribution is 5.83. The van der Waals surface area contributed by atoms with Gasteiger partial charge in [0, 0.05) is 26.1 Å². The Morgan fingerprint density at radius 2 is 2.06 bits per heavy atom. The Balaban J connectivity index is 2.75. The molecule has 6 nitrogen and oxygen atoms in total. The van der Waals surface area contributed by atoms with Gasteiger partial charge in [-0.15, -0.1) is 0 Å². The SMILES string of the molecule is CCCN(CC)C(=O)N1C[C@H](O)C[C@H]1C(=O)O. The van der Waals surface area contributed by atoms with Crippen LogP contribution in [-0.4, -0.2) is 63.8 Å². The van der Waals surface area contributed by atoms with Gasteiger partial charge in [-0.3, -0.25) is 0 Å². The molecule has 0 aromatic heterocycles. The molecule has 0 bridgehead atoms. The molecule has 1 saturated heterocycles. The second kappa shape index (κ2) is 5.86. The number of rotatable bonds is 4. The molecule has 0 aromatic rings. The summed E-state index contributed by atoms with van der Waals surface area (Å²) in [5, 5.41) is 18.5. The van der Waals surface area contributed by atoms with Crippen LogP contribution in [0.1, 0.15) is 26.7 Å². The fourth-order valence-electron chi connectivity index (χ4n) is 2.10. The molecular weight excluding hydrogens is 224 g/mol. The predicted octanol–water partition coefficient (Wildman–Crippen LogP) is 0.358. The van der Waals surface area contributed by atoms with Gasteiger partial charge in [-0.2, -0.15) is 0 Å². The molecule has 2 amide bonds. The first-order chi connectivity index (χ1) is 8.01. The summed E-state index contributed by atoms with van der Waals surface area (Å²) < 4.78 is 0. The highest BCUT2D eigenvalue weighted by Gasteiger charge is 2.40. The van der Waals surface area contributed by atoms with Gasteiger partial charge in [0.15, 0.2) is 0 Å². The van der Waals surface area contributed by atoms with Crippen molar-refractivity contribution < 1.29 is 19.8 Å². The number of carboxylic acid groups (broad SMARTS) is 1. The van der Waals surface area contributed by atoms with Crippen LogP contribution in [0, 0.1) is 0 Å². The molecule has 0 saturated carbocycles. The smallest absolute Gasteiger partial charge is 0.326 e. The molecule has 0 radical (unpaired) electrons. The molecule has 1 rings (SSSR count). The van der Waals surface area contributed by atoms with E-state index < -0.39 is 18.1 Å². The van der Waals surface area contributed by atoms with Gasteiger partial charge in [0.1, 0.15) is 6.04 Å². The van der Waals surface area contributed by atoms with Crippen molar-refractivity contribution in [2.45, 2.75) is 38.8 Å². The Hall–Kier alpha value is -1.30. The number of carboxylic acids is 1. The van der Waals surface area contributed by atoms with Crippen molar-refractivity contribution in [3.8, 4) is 0 Å². The van der Waals surface area contributed by atoms with Crippen molar-refractivity contribution in [2.75, 3.05) is 19.6 Å². The summed E-state index contributed by atoms with van der Waals surface area (Å²) in [4.78, 5) is 26.0. The quantitative estimate of drug-likeness (QED) is 0.748. The van der Waals surface area contributed by atoms with Crippen molar-refractivity contribution >= 4 is 12.0 Å². The first kappa shape index (κ1) is 13.8. The van der Waals surface area contributed by atoms with Crippen LogP contribution in [0.25, 0.3) is 0 Å². The minimum Gasteiger partial charge on any atom is -0.480 e. The first-order valence-electron chi connectivity index (χ1n) is 5.97. The molecule has 0 aliphatic carbocycles. The Morgan fingerprint density at radius 1 is 1.41 bits per heavy atom. The van der Waals surface area contributed by atoms with E-state index in [0.29, 0.717) is 13.1 Å². The van der Waals surface area contributed by atoms with Gasteiger partial charge < -0.3 is 20.0 Å². The number of hydrogen-bond acceptors (Lipinski definition) is 3. The molecule has 17 heavy (non-hydrogen) atoms. The van der Waals surface area contributed by atoms with Crippen LogP contribution in [0.3, 0.4) is 0 Å². The second-order valence-electron chi connectivity index (χ2n) is 4.26. The Kier molecular flexibility index (Phi) is 4.74. The van der Waals surface area contributed by atoms with E-state index in [4.69, 9.17) is 5.11 Å². The third-order valence-electron chi connectivity index (χ3n) is 2.96. The molecule has 1 heterocycles. The van der Waals surface area contributed by atoms with Crippen molar-refractivity contribution in [2.24, 2.45) is 0 Å². The Morgan fingerprint density at radius 3 is 2.53 bits per heavy atom. The van der Waals surface area contributed by atoms with Crippen molar-refractivity contribution in [3.63, 3.8) is 0 Å². The van der Waals surface area contributed by atoms with Crippen LogP contribution in [0.2, 0.25) is 0 Å². The molecule has 2 atom stereocenters. The highest BCUT2D eigenvalue weighted by atomic mass is 16.4. The standard InChI is InChI=1S/C11H20N2O4/c1-3-5-12(4-2)11(17)13-7-8(14)6-9(13)10(15)16/h8-9,14H,3-7H2,1-2H3,(H,15,16)/t8-,9+/m1/s1. The van der Waals surface area contributed by atoms with Gasteiger partial charge in [0.05, 0.1) is 6.10 Å². The molecule has 0 aromatic carbocycles. The Labute approximate surface area is 101 Å². The van der Waals surface area contributed by atoms with Crippen LogP contribution in [0.15, 0.2) is 0 Å². The number of aliphatic hydroxyl groups excluding tert-OH is 1. The maximum atomic E-state index is 12.1. The monoisotopic (exact) mass is 244 g/mol. The minimum atomic E-state index is -1.05. The van der Waals surface area contributed by atoms with Gasteiger partial charge >= 0.3 is 12.0 Å². The van der Waals surface area contributed by atoms with Gasteiger partial charge in [0.2, 0.25) is 0 Å². The van der Waals surface area contributed by atoms with E-state index in [1.807, 2.05) is 13.8 Å². The Bertz CT molecular complexity index is 295. The second-order valence-corrected chi connectivity index (χ2v) is 4.26. The van der Waals surface area contributed by atoms with Gasteiger partial charge in [-0.25, -0.2) is 9.59 Å². The van der Waals surface area contributed by atoms with Crippen molar-refractivity contribution in [1.82, 2.24) is 9.80 Å². The summed E-state index contributed by atoms with van der Waals surface area (Å²) in [6.07, 6.45) is 0.207. The summed E-state index contributed by atoms with van der Waals surface area (Å²) in [6.45, 7) is 5.08. The van der Waals surface area contributed by atoms with Crippen LogP contribution < -0.4 is 0 Å². The van der Waals surface area contributed by atoms with E-state index in [2.05, 4.69) is 0 Å². The zero-order valence-corrected chi connectivity index (χ0v) is 10.3. The number of aliphatic carboxylic acids is 1. The van der Waals surface area contributed by atoms with E-state index in [9.17, 15) is 14.7 Å². The van der Waals surface area contributed by atoms with Crippen molar-refractivity contribution in [1.29, 1.82) is 0 Å². The molecule has 6 heteroatoms. The highest BCUT2D eigenvalue weighted by Crippen LogP contribution is 2.20. The predicted molar refractivity (Wildman–Crippen MR) is 61.7 cm³/mol. The fraction of sp³-hybridized carbons (Fsp3) is 0.818. The summed E-state index contributed by atoms with van der Waals surface area (Å²) in [5.41, 5.74) is 0. The number of β-amino-alcohol motifs (C(OH)–C–C–N with tert-alkyl or cyclic N) is 1. The number of likely N-dealkylation sites (tertiary alicyclic amines) is 1. The maximum absolute atomic E-state index is 12.1. The number of urea groups is 1. The average Bonchev–Trinajstić information content (AvgIpc) is 2.67. The number of hydrogen-bond donors (Lipinski definition) is 2.